The van der Waals surface area contributed by atoms with Gasteiger partial charge in [-0.3, -0.25) is 9.56 Å². The van der Waals surface area contributed by atoms with Crippen molar-refractivity contribution in [1.82, 2.24) is 19.9 Å². The number of hydrogen-bond donors (Lipinski definition) is 6. The highest BCUT2D eigenvalue weighted by atomic mass is 19.4. The standard InChI is InChI=1S/C21H29N7O.C15H22F3NO2/c1-21(2,3)17-11-15-13-28(20(29)27-18(15)26-17)16-7-5-14(6-8-16)12-24-9-4-10-25-19(22)23;1-14(2,3)11-7-10(13(20)5-4-6-19)8-12(9-11)21-15(16,17)18/h5-8,11,13,24H,4,9-10,12H2,1-3H3,(H4,22,23,25)(H,26,27,29);7-9,13,20H,4-6,19H2,1-3H3/t;13-/m.1/s1. The normalized spacial score (nSPS) is 12.7. The van der Waals surface area contributed by atoms with Crippen molar-refractivity contribution in [3.8, 4) is 11.4 Å². The maximum absolute atomic E-state index is 12.5. The Morgan fingerprint density at radius 1 is 1.02 bits per heavy atom. The van der Waals surface area contributed by atoms with E-state index >= 15 is 0 Å². The Balaban J connectivity index is 0.000000286. The molecule has 0 radical (unpaired) electrons. The van der Waals surface area contributed by atoms with Crippen molar-refractivity contribution < 1.29 is 23.0 Å². The van der Waals surface area contributed by atoms with Gasteiger partial charge in [-0.1, -0.05) is 59.7 Å². The molecule has 11 nitrogen and oxygen atoms in total. The molecule has 0 spiro atoms. The number of aliphatic imine (C=N–C) groups is 1. The minimum Gasteiger partial charge on any atom is -0.406 e. The Bertz CT molecular complexity index is 1770. The smallest absolute Gasteiger partial charge is 0.406 e. The number of fused-ring (bicyclic) bond motifs is 1. The molecule has 0 aliphatic carbocycles. The Morgan fingerprint density at radius 2 is 1.70 bits per heavy atom. The van der Waals surface area contributed by atoms with E-state index in [1.807, 2.05) is 51.2 Å². The van der Waals surface area contributed by atoms with Crippen molar-refractivity contribution in [2.24, 2.45) is 22.2 Å². The van der Waals surface area contributed by atoms with E-state index in [4.69, 9.17) is 17.2 Å². The summed E-state index contributed by atoms with van der Waals surface area (Å²) in [5, 5.41) is 14.3. The number of nitrogens with two attached hydrogens (primary N) is 3. The minimum absolute atomic E-state index is 0.0352. The van der Waals surface area contributed by atoms with Gasteiger partial charge in [0.25, 0.3) is 0 Å². The number of benzene rings is 2. The lowest BCUT2D eigenvalue weighted by atomic mass is 9.85. The number of nitrogens with zero attached hydrogens (tertiary/aromatic N) is 3. The van der Waals surface area contributed by atoms with Gasteiger partial charge in [0.05, 0.1) is 11.8 Å². The molecule has 2 aromatic carbocycles. The van der Waals surface area contributed by atoms with E-state index in [0.29, 0.717) is 42.7 Å². The van der Waals surface area contributed by atoms with Crippen LogP contribution in [0.5, 0.6) is 5.75 Å². The number of guanidine groups is 1. The summed E-state index contributed by atoms with van der Waals surface area (Å²) in [7, 11) is 0. The summed E-state index contributed by atoms with van der Waals surface area (Å²) in [6.07, 6.45) is -1.91. The summed E-state index contributed by atoms with van der Waals surface area (Å²) in [5.41, 5.74) is 20.0. The molecule has 9 N–H and O–H groups in total. The van der Waals surface area contributed by atoms with Gasteiger partial charge in [-0.2, -0.15) is 4.98 Å². The lowest BCUT2D eigenvalue weighted by Crippen LogP contribution is -2.23. The second kappa shape index (κ2) is 17.0. The van der Waals surface area contributed by atoms with E-state index in [-0.39, 0.29) is 28.2 Å². The highest BCUT2D eigenvalue weighted by molar-refractivity contribution is 5.76. The van der Waals surface area contributed by atoms with Crippen LogP contribution in [-0.4, -0.2) is 51.6 Å². The molecule has 0 unspecified atom stereocenters. The second-order valence-corrected chi connectivity index (χ2v) is 14.2. The molecule has 0 bridgehead atoms. The molecule has 4 aromatic rings. The fraction of sp³-hybridized carbons (Fsp3) is 0.472. The zero-order valence-corrected chi connectivity index (χ0v) is 29.7. The van der Waals surface area contributed by atoms with E-state index in [0.717, 1.165) is 41.8 Å². The van der Waals surface area contributed by atoms with E-state index in [1.54, 1.807) is 10.6 Å². The third-order valence-corrected chi connectivity index (χ3v) is 7.76. The maximum atomic E-state index is 12.5. The number of alkyl halides is 3. The molecule has 14 heteroatoms. The number of H-pyrrole nitrogens is 1. The van der Waals surface area contributed by atoms with Crippen LogP contribution in [0.2, 0.25) is 0 Å². The first-order valence-corrected chi connectivity index (χ1v) is 16.5. The van der Waals surface area contributed by atoms with Gasteiger partial charge in [-0.25, -0.2) is 4.79 Å². The van der Waals surface area contributed by atoms with Gasteiger partial charge in [-0.15, -0.1) is 13.2 Å². The number of nitrogens with one attached hydrogen (secondary N) is 2. The number of rotatable bonds is 12. The third-order valence-electron chi connectivity index (χ3n) is 7.76. The lowest BCUT2D eigenvalue weighted by molar-refractivity contribution is -0.274. The zero-order valence-electron chi connectivity index (χ0n) is 29.7. The highest BCUT2D eigenvalue weighted by Crippen LogP contribution is 2.33. The largest absolute Gasteiger partial charge is 0.573 e. The first-order valence-electron chi connectivity index (χ1n) is 16.5. The average molecular weight is 701 g/mol. The molecule has 0 amide bonds. The third kappa shape index (κ3) is 12.5. The van der Waals surface area contributed by atoms with Crippen molar-refractivity contribution in [3.63, 3.8) is 0 Å². The van der Waals surface area contributed by atoms with Gasteiger partial charge in [0.15, 0.2) is 5.96 Å². The number of halogens is 3. The van der Waals surface area contributed by atoms with Crippen molar-refractivity contribution in [2.45, 2.75) is 90.6 Å². The fourth-order valence-corrected chi connectivity index (χ4v) is 4.92. The van der Waals surface area contributed by atoms with E-state index < -0.39 is 12.5 Å². The minimum atomic E-state index is -4.75. The monoisotopic (exact) mass is 700 g/mol. The van der Waals surface area contributed by atoms with Crippen LogP contribution in [0.4, 0.5) is 13.2 Å². The highest BCUT2D eigenvalue weighted by Gasteiger charge is 2.32. The number of aliphatic hydroxyl groups excluding tert-OH is 1. The number of aliphatic hydroxyl groups is 1. The Hall–Kier alpha value is -4.40. The van der Waals surface area contributed by atoms with Crippen LogP contribution in [0.1, 0.15) is 89.3 Å². The summed E-state index contributed by atoms with van der Waals surface area (Å²) in [5.74, 6) is -0.186. The predicted molar refractivity (Wildman–Crippen MR) is 192 cm³/mol. The molecular weight excluding hydrogens is 649 g/mol. The van der Waals surface area contributed by atoms with Crippen LogP contribution >= 0.6 is 0 Å². The number of aromatic amines is 1. The second-order valence-electron chi connectivity index (χ2n) is 14.2. The summed E-state index contributed by atoms with van der Waals surface area (Å²) in [6.45, 7) is 14.6. The molecule has 50 heavy (non-hydrogen) atoms. The predicted octanol–water partition coefficient (Wildman–Crippen LogP) is 5.42. The summed E-state index contributed by atoms with van der Waals surface area (Å²) < 4.78 is 42.8. The van der Waals surface area contributed by atoms with Crippen molar-refractivity contribution >= 4 is 17.0 Å². The van der Waals surface area contributed by atoms with E-state index in [9.17, 15) is 23.1 Å². The molecule has 2 heterocycles. The Morgan fingerprint density at radius 3 is 2.28 bits per heavy atom. The summed E-state index contributed by atoms with van der Waals surface area (Å²) in [4.78, 5) is 23.9. The van der Waals surface area contributed by atoms with E-state index in [1.165, 1.54) is 12.1 Å². The molecule has 0 saturated heterocycles. The van der Waals surface area contributed by atoms with Crippen LogP contribution in [-0.2, 0) is 17.4 Å². The number of hydrogen-bond acceptors (Lipinski definition) is 7. The Kier molecular flexibility index (Phi) is 13.6. The molecule has 274 valence electrons. The van der Waals surface area contributed by atoms with Crippen LogP contribution < -0.4 is 32.9 Å². The van der Waals surface area contributed by atoms with Gasteiger partial charge in [0, 0.05) is 35.8 Å². The first-order chi connectivity index (χ1) is 23.3. The molecule has 0 aliphatic heterocycles. The average Bonchev–Trinajstić information content (AvgIpc) is 3.44. The Labute approximate surface area is 291 Å². The van der Waals surface area contributed by atoms with Crippen LogP contribution in [0.25, 0.3) is 16.7 Å². The van der Waals surface area contributed by atoms with Crippen molar-refractivity contribution in [3.05, 3.63) is 87.6 Å². The molecule has 1 atom stereocenters. The van der Waals surface area contributed by atoms with E-state index in [2.05, 4.69) is 51.9 Å². The van der Waals surface area contributed by atoms with Crippen LogP contribution in [0.15, 0.2) is 64.5 Å². The van der Waals surface area contributed by atoms with Gasteiger partial charge in [-0.05, 0) is 84.8 Å². The SMILES string of the molecule is CC(C)(C)c1cc(OC(F)(F)F)cc([C@H](O)CCCN)c1.CC(C)(C)c1cc2cn(-c3ccc(CNCCCN=C(N)N)cc3)c(=O)nc2[nH]1. The summed E-state index contributed by atoms with van der Waals surface area (Å²) >= 11 is 0. The van der Waals surface area contributed by atoms with Crippen LogP contribution in [0, 0.1) is 0 Å². The molecular formula is C36H51F3N8O3. The van der Waals surface area contributed by atoms with Gasteiger partial charge >= 0.3 is 12.1 Å². The molecule has 0 fully saturated rings. The lowest BCUT2D eigenvalue weighted by Gasteiger charge is -2.23. The first kappa shape index (κ1) is 40.0. The van der Waals surface area contributed by atoms with Crippen molar-refractivity contribution in [2.75, 3.05) is 19.6 Å². The molecule has 4 rings (SSSR count). The van der Waals surface area contributed by atoms with Gasteiger partial charge in [0.1, 0.15) is 11.4 Å². The molecule has 0 saturated carbocycles. The topological polar surface area (TPSA) is 183 Å². The van der Waals surface area contributed by atoms with Crippen LogP contribution in [0.3, 0.4) is 0 Å². The number of ether oxygens (including phenoxy) is 1. The molecule has 0 aliphatic rings. The number of aromatic nitrogens is 3. The van der Waals surface area contributed by atoms with Gasteiger partial charge in [0.2, 0.25) is 0 Å². The summed E-state index contributed by atoms with van der Waals surface area (Å²) in [6, 6.07) is 14.2. The maximum Gasteiger partial charge on any atom is 0.573 e. The van der Waals surface area contributed by atoms with Gasteiger partial charge < -0.3 is 37.3 Å². The van der Waals surface area contributed by atoms with Crippen molar-refractivity contribution in [1.29, 1.82) is 0 Å². The quantitative estimate of drug-likeness (QED) is 0.0643. The molecule has 2 aromatic heterocycles. The fourth-order valence-electron chi connectivity index (χ4n) is 4.92. The zero-order chi connectivity index (χ0) is 37.3.